The van der Waals surface area contributed by atoms with Gasteiger partial charge in [0.1, 0.15) is 74.8 Å². The van der Waals surface area contributed by atoms with Gasteiger partial charge in [0, 0.05) is 103 Å². The fraction of sp³-hybridized carbons (Fsp3) is 0.315. The van der Waals surface area contributed by atoms with Gasteiger partial charge in [0.15, 0.2) is 0 Å². The van der Waals surface area contributed by atoms with Crippen molar-refractivity contribution in [1.29, 1.82) is 5.26 Å². The topological polar surface area (TPSA) is 429 Å². The summed E-state index contributed by atoms with van der Waals surface area (Å²) in [7, 11) is 18.3. The molecule has 7 heterocycles. The van der Waals surface area contributed by atoms with Crippen LogP contribution in [-0.4, -0.2) is 121 Å². The van der Waals surface area contributed by atoms with Crippen LogP contribution in [0.3, 0.4) is 0 Å². The molecule has 0 fully saturated rings. The van der Waals surface area contributed by atoms with Gasteiger partial charge < -0.3 is 51.3 Å². The van der Waals surface area contributed by atoms with E-state index in [-0.39, 0.29) is 98.5 Å². The molecule has 149 heavy (non-hydrogen) atoms. The second kappa shape index (κ2) is 53.1. The fourth-order valence-electron chi connectivity index (χ4n) is 17.3. The van der Waals surface area contributed by atoms with E-state index in [2.05, 4.69) is 271 Å². The van der Waals surface area contributed by atoms with E-state index in [1.165, 1.54) is 54.2 Å². The van der Waals surface area contributed by atoms with E-state index in [0.717, 1.165) is 108 Å². The molecule has 0 spiro atoms. The van der Waals surface area contributed by atoms with Gasteiger partial charge in [0.05, 0.1) is 7.05 Å². The number of alkyl halides is 1. The minimum Gasteiger partial charge on any atom is -0.457 e. The van der Waals surface area contributed by atoms with Gasteiger partial charge >= 0.3 is 40.9 Å². The molecule has 19 rings (SSSR count). The molecule has 0 saturated carbocycles. The van der Waals surface area contributed by atoms with Crippen LogP contribution in [0, 0.1) is 35.0 Å². The molecule has 5 N–H and O–H groups in total. The molecule has 0 bridgehead atoms. The third kappa shape index (κ3) is 33.3. The number of ether oxygens (including phenoxy) is 4. The maximum absolute atomic E-state index is 13.1. The third-order valence-electron chi connectivity index (χ3n) is 25.2. The van der Waals surface area contributed by atoms with Gasteiger partial charge in [0.25, 0.3) is 0 Å². The molecular formula is C111H118AlCl3IN24NaO8. The first-order valence-electron chi connectivity index (χ1n) is 48.4. The summed E-state index contributed by atoms with van der Waals surface area (Å²) in [6.45, 7) is 26.0. The van der Waals surface area contributed by atoms with E-state index in [1.54, 1.807) is 86.0 Å². The number of carbonyl (C=O) groups excluding carboxylic acids is 4. The molecule has 4 aliphatic rings. The number of amides is 4. The number of aromatic amines is 1. The summed E-state index contributed by atoms with van der Waals surface area (Å²) < 4.78 is 25.9. The number of rotatable bonds is 19. The number of fused-ring (bicyclic) bond motifs is 4. The zero-order valence-electron chi connectivity index (χ0n) is 86.2. The SMILES string of the molecule is CC(C)(C)c1cccc(NC(=O)C2CCc3ccc(Oc4ccnc(-c5nn[nH]n5)c4)cc3C2)c1.CC(C)(C)c1cccc(NC(=O)C2CCc3ccc(Oc4ccnc(C#N)c4)cc3C2)c1.CI.Cn1nnc(-c2cc(Oc3ccc4c(c3)CC(C(=O)Nc3cccc(C(C)(C)C)c3)CC4)ccn2)n1.Cn1nnnc1-c1cc(Oc2ccc3c(c2)CC(C(=O)Nc2cccc(C(C)(C)C)c2)CC3)ccn1.[Cl][Al]([Cl])[Cl].[N-]=[N+]=[N-].[Na+]. The van der Waals surface area contributed by atoms with Crippen LogP contribution >= 0.6 is 52.7 Å². The number of nitriles is 1. The average molecular weight is 2200 g/mol. The maximum Gasteiger partial charge on any atom is 1.00 e. The van der Waals surface area contributed by atoms with Crippen LogP contribution in [0.5, 0.6) is 46.0 Å². The number of tetrazole rings is 3. The van der Waals surface area contributed by atoms with E-state index >= 15 is 0 Å². The summed E-state index contributed by atoms with van der Waals surface area (Å²) in [4.78, 5) is 74.1. The Morgan fingerprint density at radius 2 is 0.711 bits per heavy atom. The molecule has 4 unspecified atom stereocenters. The van der Waals surface area contributed by atoms with Crippen molar-refractivity contribution in [3.05, 3.63) is 332 Å². The minimum atomic E-state index is -1.72. The maximum atomic E-state index is 13.1. The predicted molar refractivity (Wildman–Crippen MR) is 587 cm³/mol. The number of aryl methyl sites for hydroxylation is 6. The Balaban J connectivity index is 0.000000171. The third-order valence-corrected chi connectivity index (χ3v) is 25.2. The number of anilines is 4. The summed E-state index contributed by atoms with van der Waals surface area (Å²) in [6, 6.07) is 72.9. The minimum absolute atomic E-state index is 0. The van der Waals surface area contributed by atoms with Crippen LogP contribution < -0.4 is 69.8 Å². The summed E-state index contributed by atoms with van der Waals surface area (Å²) in [5, 5.41) is 59.1. The first-order chi connectivity index (χ1) is 70.8. The van der Waals surface area contributed by atoms with Crippen LogP contribution in [0.2, 0.25) is 0 Å². The zero-order valence-corrected chi connectivity index (χ0v) is 93.8. The van der Waals surface area contributed by atoms with Crippen molar-refractivity contribution in [2.24, 2.45) is 37.8 Å². The number of nitrogens with one attached hydrogen (secondary N) is 5. The first kappa shape index (κ1) is 114. The second-order valence-electron chi connectivity index (χ2n) is 40.1. The first-order valence-corrected chi connectivity index (χ1v) is 55.8. The Hall–Kier alpha value is -13.4. The molecule has 4 atom stereocenters. The van der Waals surface area contributed by atoms with Crippen molar-refractivity contribution in [2.75, 3.05) is 26.2 Å². The molecule has 7 aromatic heterocycles. The van der Waals surface area contributed by atoms with Crippen molar-refractivity contribution in [3.63, 3.8) is 0 Å². The van der Waals surface area contributed by atoms with Crippen molar-refractivity contribution >= 4 is 111 Å². The summed E-state index contributed by atoms with van der Waals surface area (Å²) in [5.74, 6) is 6.66. The number of pyridine rings is 4. The Labute approximate surface area is 920 Å². The number of carbonyl (C=O) groups is 4. The number of H-pyrrole nitrogens is 1. The van der Waals surface area contributed by atoms with Crippen molar-refractivity contribution in [1.82, 2.24) is 81.0 Å². The Bertz CT molecular complexity index is 7220. The number of halogens is 4. The van der Waals surface area contributed by atoms with Crippen LogP contribution in [0.15, 0.2) is 243 Å². The average Bonchev–Trinajstić information content (AvgIpc) is 1.08. The number of nitrogens with zero attached hydrogens (tertiary/aromatic N) is 19. The monoisotopic (exact) mass is 2200 g/mol. The van der Waals surface area contributed by atoms with Gasteiger partial charge in [-0.1, -0.05) is 178 Å². The van der Waals surface area contributed by atoms with Gasteiger partial charge in [-0.3, -0.25) is 39.0 Å². The summed E-state index contributed by atoms with van der Waals surface area (Å²) in [5.41, 5.74) is 33.5. The van der Waals surface area contributed by atoms with Crippen molar-refractivity contribution in [2.45, 2.75) is 182 Å². The Morgan fingerprint density at radius 1 is 0.409 bits per heavy atom. The Morgan fingerprint density at radius 3 is 1.00 bits per heavy atom. The molecule has 4 aliphatic carbocycles. The molecule has 0 aliphatic heterocycles. The molecule has 32 nitrogen and oxygen atoms in total. The van der Waals surface area contributed by atoms with E-state index in [9.17, 15) is 19.2 Å². The summed E-state index contributed by atoms with van der Waals surface area (Å²) >= 11 is 0.428. The zero-order chi connectivity index (χ0) is 106. The molecule has 8 aromatic carbocycles. The number of hydrogen-bond donors (Lipinski definition) is 5. The summed E-state index contributed by atoms with van der Waals surface area (Å²) in [6.07, 6.45) is 16.1. The molecule has 0 radical (unpaired) electrons. The van der Waals surface area contributed by atoms with E-state index in [4.69, 9.17) is 65.4 Å². The van der Waals surface area contributed by atoms with Gasteiger partial charge in [-0.25, -0.2) is 39.8 Å². The predicted octanol–water partition coefficient (Wildman–Crippen LogP) is 21.7. The van der Waals surface area contributed by atoms with E-state index in [1.807, 2.05) is 114 Å². The van der Waals surface area contributed by atoms with Crippen LogP contribution in [0.1, 0.15) is 181 Å². The molecule has 762 valence electrons. The van der Waals surface area contributed by atoms with Crippen LogP contribution in [-0.2, 0) is 106 Å². The van der Waals surface area contributed by atoms with Gasteiger partial charge in [-0.2, -0.15) is 15.3 Å². The fourth-order valence-corrected chi connectivity index (χ4v) is 17.3. The van der Waals surface area contributed by atoms with Gasteiger partial charge in [0.2, 0.25) is 41.1 Å². The smallest absolute Gasteiger partial charge is 0.457 e. The van der Waals surface area contributed by atoms with Gasteiger partial charge in [-0.05, 0) is 313 Å². The van der Waals surface area contributed by atoms with Crippen molar-refractivity contribution in [3.8, 4) is 86.6 Å². The molecule has 4 amide bonds. The number of hydrogen-bond acceptors (Lipinski definition) is 22. The molecule has 0 saturated heterocycles. The standard InChI is InChI=1S/2C28H30N6O2.C27H28N6O2.C27H27N3O2.CH3I.Al.3ClH.N3.Na/c1-28(2,3)21-6-5-7-22(16-21)30-27(35)19-9-8-18-10-11-23(15-20(18)14-19)36-24-12-13-29-25(17-24)26-31-32-33-34(26)4;1-28(2,3)21-6-5-7-22(16-21)30-27(35)19-9-8-18-10-11-23(15-20(18)14-19)36-24-12-13-29-25(17-24)26-31-33-34(4)32-26;1-27(2,3)20-5-4-6-21(15-20)29-26(34)18-8-7-17-9-10-22(14-19(17)13-18)35-23-11-12-28-24(16-23)25-30-32-33-31-25;1-27(2,3)21-5-4-6-22(15-21)30-26(31)19-8-7-18-9-10-24(14-20(18)13-19)32-25-11-12-29-23(16-25)17-28;1-2;;;;;1-3-2;/h2*5-7,10-13,15-17,19H,8-9,14H2,1-4H3,(H,30,35);4-6,9-12,14-16,18H,7-8,13H2,1-3H3,(H,29,34)(H,30,31,32,33);4-6,9-12,14-16,19H,7-8,13H2,1-3H3,(H,30,31);1H3;;3*1H;;/q;;;;;+3;;;;-1;+1/p-3. The normalized spacial score (nSPS) is 14.6. The van der Waals surface area contributed by atoms with E-state index < -0.39 is 11.4 Å². The van der Waals surface area contributed by atoms with Gasteiger partial charge in [-0.15, -0.1) is 25.5 Å². The van der Waals surface area contributed by atoms with Crippen LogP contribution in [0.25, 0.3) is 50.5 Å². The second-order valence-corrected chi connectivity index (χ2v) is 46.5. The van der Waals surface area contributed by atoms with Crippen LogP contribution in [0.4, 0.5) is 22.7 Å². The molecular weight excluding hydrogens is 2080 g/mol. The van der Waals surface area contributed by atoms with Crippen molar-refractivity contribution < 1.29 is 67.7 Å². The van der Waals surface area contributed by atoms with E-state index in [0.29, 0.717) is 100 Å². The number of benzene rings is 8. The number of aromatic nitrogens is 16. The quantitative estimate of drug-likeness (QED) is 0.0125. The largest absolute Gasteiger partial charge is 1.00 e. The molecule has 15 aromatic rings. The Kier molecular flexibility index (Phi) is 40.8. The molecule has 38 heteroatoms.